The molecule has 0 spiro atoms. The van der Waals surface area contributed by atoms with Crippen LogP contribution in [0.15, 0.2) is 30.3 Å². The highest BCUT2D eigenvalue weighted by molar-refractivity contribution is 5.14. The number of benzene rings is 1. The molecular formula is C18H30N2. The maximum absolute atomic E-state index is 2.64. The van der Waals surface area contributed by atoms with Crippen molar-refractivity contribution in [2.45, 2.75) is 39.0 Å². The molecule has 0 N–H and O–H groups in total. The zero-order valence-electron chi connectivity index (χ0n) is 13.1. The molecule has 1 heterocycles. The lowest BCUT2D eigenvalue weighted by Crippen LogP contribution is -2.46. The van der Waals surface area contributed by atoms with Gasteiger partial charge in [0.1, 0.15) is 0 Å². The van der Waals surface area contributed by atoms with Gasteiger partial charge in [0, 0.05) is 26.2 Å². The van der Waals surface area contributed by atoms with Gasteiger partial charge in [-0.15, -0.1) is 0 Å². The smallest absolute Gasteiger partial charge is 0.0110 e. The molecule has 0 amide bonds. The van der Waals surface area contributed by atoms with Crippen molar-refractivity contribution in [3.05, 3.63) is 35.9 Å². The van der Waals surface area contributed by atoms with E-state index >= 15 is 0 Å². The van der Waals surface area contributed by atoms with Crippen molar-refractivity contribution in [1.82, 2.24) is 9.80 Å². The molecule has 0 unspecified atom stereocenters. The van der Waals surface area contributed by atoms with Gasteiger partial charge in [0.2, 0.25) is 0 Å². The van der Waals surface area contributed by atoms with E-state index in [0.717, 1.165) is 0 Å². The molecule has 0 aliphatic carbocycles. The average molecular weight is 274 g/mol. The van der Waals surface area contributed by atoms with Crippen LogP contribution in [0.4, 0.5) is 0 Å². The Bertz CT molecular complexity index is 342. The summed E-state index contributed by atoms with van der Waals surface area (Å²) in [6.07, 6.45) is 6.61. The third-order valence-electron chi connectivity index (χ3n) is 4.33. The fourth-order valence-corrected chi connectivity index (χ4v) is 2.97. The highest BCUT2D eigenvalue weighted by Gasteiger charge is 2.15. The van der Waals surface area contributed by atoms with Crippen molar-refractivity contribution in [2.24, 2.45) is 0 Å². The van der Waals surface area contributed by atoms with Crippen molar-refractivity contribution in [1.29, 1.82) is 0 Å². The second kappa shape index (κ2) is 9.15. The lowest BCUT2D eigenvalue weighted by molar-refractivity contribution is 0.130. The highest BCUT2D eigenvalue weighted by atomic mass is 15.3. The van der Waals surface area contributed by atoms with Gasteiger partial charge in [-0.1, -0.05) is 50.1 Å². The van der Waals surface area contributed by atoms with Gasteiger partial charge in [0.05, 0.1) is 0 Å². The molecule has 2 heteroatoms. The van der Waals surface area contributed by atoms with Crippen LogP contribution in [0.2, 0.25) is 0 Å². The Morgan fingerprint density at radius 1 is 0.800 bits per heavy atom. The summed E-state index contributed by atoms with van der Waals surface area (Å²) in [7, 11) is 0. The van der Waals surface area contributed by atoms with E-state index in [1.165, 1.54) is 76.9 Å². The zero-order chi connectivity index (χ0) is 14.0. The molecule has 1 aromatic carbocycles. The van der Waals surface area contributed by atoms with Gasteiger partial charge >= 0.3 is 0 Å². The quantitative estimate of drug-likeness (QED) is 0.670. The molecule has 1 aliphatic heterocycles. The number of piperazine rings is 1. The molecule has 1 aromatic rings. The van der Waals surface area contributed by atoms with Crippen molar-refractivity contribution in [3.63, 3.8) is 0 Å². The fourth-order valence-electron chi connectivity index (χ4n) is 2.97. The van der Waals surface area contributed by atoms with Crippen LogP contribution >= 0.6 is 0 Å². The number of hydrogen-bond acceptors (Lipinski definition) is 2. The van der Waals surface area contributed by atoms with E-state index in [0.29, 0.717) is 0 Å². The summed E-state index contributed by atoms with van der Waals surface area (Å²) in [5.41, 5.74) is 1.48. The summed E-state index contributed by atoms with van der Waals surface area (Å²) < 4.78 is 0. The van der Waals surface area contributed by atoms with Crippen LogP contribution in [0.3, 0.4) is 0 Å². The number of nitrogens with zero attached hydrogens (tertiary/aromatic N) is 2. The van der Waals surface area contributed by atoms with Crippen LogP contribution in [-0.2, 0) is 6.42 Å². The summed E-state index contributed by atoms with van der Waals surface area (Å²) in [5, 5.41) is 0. The molecule has 1 aliphatic rings. The van der Waals surface area contributed by atoms with Crippen LogP contribution in [0, 0.1) is 0 Å². The van der Waals surface area contributed by atoms with Crippen LogP contribution < -0.4 is 0 Å². The molecule has 0 saturated carbocycles. The molecule has 2 nitrogen and oxygen atoms in total. The van der Waals surface area contributed by atoms with E-state index in [1.807, 2.05) is 0 Å². The van der Waals surface area contributed by atoms with Gasteiger partial charge in [0.15, 0.2) is 0 Å². The first-order chi connectivity index (χ1) is 9.88. The van der Waals surface area contributed by atoms with E-state index in [4.69, 9.17) is 0 Å². The van der Waals surface area contributed by atoms with Gasteiger partial charge in [-0.25, -0.2) is 0 Å². The predicted molar refractivity (Wildman–Crippen MR) is 87.2 cm³/mol. The van der Waals surface area contributed by atoms with E-state index in [9.17, 15) is 0 Å². The van der Waals surface area contributed by atoms with Gasteiger partial charge in [-0.2, -0.15) is 0 Å². The average Bonchev–Trinajstić information content (AvgIpc) is 2.50. The van der Waals surface area contributed by atoms with E-state index in [2.05, 4.69) is 47.1 Å². The summed E-state index contributed by atoms with van der Waals surface area (Å²) in [4.78, 5) is 5.28. The standard InChI is InChI=1S/C18H30N2/c1-2-3-7-12-19-14-16-20(17-15-19)13-8-11-18-9-5-4-6-10-18/h4-6,9-10H,2-3,7-8,11-17H2,1H3. The Kier molecular flexibility index (Phi) is 7.10. The van der Waals surface area contributed by atoms with Crippen molar-refractivity contribution in [3.8, 4) is 0 Å². The Balaban J connectivity index is 1.55. The first-order valence-corrected chi connectivity index (χ1v) is 8.37. The molecule has 2 rings (SSSR count). The molecule has 0 aromatic heterocycles. The van der Waals surface area contributed by atoms with E-state index in [-0.39, 0.29) is 0 Å². The minimum absolute atomic E-state index is 1.22. The topological polar surface area (TPSA) is 6.48 Å². The minimum atomic E-state index is 1.22. The monoisotopic (exact) mass is 274 g/mol. The number of aryl methyl sites for hydroxylation is 1. The third kappa shape index (κ3) is 5.64. The van der Waals surface area contributed by atoms with Crippen molar-refractivity contribution < 1.29 is 0 Å². The largest absolute Gasteiger partial charge is 0.301 e. The Morgan fingerprint density at radius 3 is 2.00 bits per heavy atom. The van der Waals surface area contributed by atoms with Crippen LogP contribution in [0.25, 0.3) is 0 Å². The number of unbranched alkanes of at least 4 members (excludes halogenated alkanes) is 2. The maximum atomic E-state index is 2.64. The number of rotatable bonds is 8. The summed E-state index contributed by atoms with van der Waals surface area (Å²) >= 11 is 0. The Morgan fingerprint density at radius 2 is 1.40 bits per heavy atom. The predicted octanol–water partition coefficient (Wildman–Crippen LogP) is 3.43. The van der Waals surface area contributed by atoms with E-state index in [1.54, 1.807) is 0 Å². The maximum Gasteiger partial charge on any atom is 0.0110 e. The van der Waals surface area contributed by atoms with Gasteiger partial charge in [0.25, 0.3) is 0 Å². The number of hydrogen-bond donors (Lipinski definition) is 0. The fraction of sp³-hybridized carbons (Fsp3) is 0.667. The molecule has 1 fully saturated rings. The highest BCUT2D eigenvalue weighted by Crippen LogP contribution is 2.07. The molecule has 0 bridgehead atoms. The first-order valence-electron chi connectivity index (χ1n) is 8.37. The van der Waals surface area contributed by atoms with Crippen molar-refractivity contribution in [2.75, 3.05) is 39.3 Å². The molecule has 0 radical (unpaired) electrons. The van der Waals surface area contributed by atoms with Gasteiger partial charge in [-0.3, -0.25) is 0 Å². The second-order valence-electron chi connectivity index (χ2n) is 5.98. The SMILES string of the molecule is CCCCCN1CCN(CCCc2ccccc2)CC1. The molecule has 0 atom stereocenters. The van der Waals surface area contributed by atoms with Gasteiger partial charge < -0.3 is 9.80 Å². The van der Waals surface area contributed by atoms with E-state index < -0.39 is 0 Å². The molecule has 112 valence electrons. The molecule has 20 heavy (non-hydrogen) atoms. The van der Waals surface area contributed by atoms with Crippen molar-refractivity contribution >= 4 is 0 Å². The Hall–Kier alpha value is -0.860. The minimum Gasteiger partial charge on any atom is -0.301 e. The van der Waals surface area contributed by atoms with Crippen LogP contribution in [-0.4, -0.2) is 49.1 Å². The third-order valence-corrected chi connectivity index (χ3v) is 4.33. The first kappa shape index (κ1) is 15.5. The lowest BCUT2D eigenvalue weighted by Gasteiger charge is -2.34. The molecular weight excluding hydrogens is 244 g/mol. The lowest BCUT2D eigenvalue weighted by atomic mass is 10.1. The second-order valence-corrected chi connectivity index (χ2v) is 5.98. The molecule has 1 saturated heterocycles. The van der Waals surface area contributed by atoms with Gasteiger partial charge in [-0.05, 0) is 37.9 Å². The normalized spacial score (nSPS) is 17.4. The zero-order valence-corrected chi connectivity index (χ0v) is 13.1. The van der Waals surface area contributed by atoms with Crippen LogP contribution in [0.5, 0.6) is 0 Å². The summed E-state index contributed by atoms with van der Waals surface area (Å²) in [6, 6.07) is 10.9. The summed E-state index contributed by atoms with van der Waals surface area (Å²) in [5.74, 6) is 0. The summed E-state index contributed by atoms with van der Waals surface area (Å²) in [6.45, 7) is 9.93. The van der Waals surface area contributed by atoms with Crippen LogP contribution in [0.1, 0.15) is 38.2 Å². The Labute approximate surface area is 124 Å².